The highest BCUT2D eigenvalue weighted by Gasteiger charge is 2.29. The van der Waals surface area contributed by atoms with E-state index in [1.165, 1.54) is 87.6 Å². The molecule has 1 atom stereocenters. The number of benzene rings is 7. The molecule has 1 unspecified atom stereocenters. The number of allylic oxidation sites excluding steroid dienone is 2. The number of para-hydroxylation sites is 5. The van der Waals surface area contributed by atoms with Crippen LogP contribution in [0.2, 0.25) is 0 Å². The first-order valence-corrected chi connectivity index (χ1v) is 19.9. The Morgan fingerprint density at radius 2 is 0.912 bits per heavy atom. The standard InChI is InChI=1S/C52H35N5/c1-3-15-33(16-4-1)54-43-23-11-7-19-35(43)39-27-29-41-37-21-9-13-25-45(37)56(51(41)49(39)54)47-31-32-48(53-47)57-46-26-14-10-22-38(46)42-30-28-40-36-20-8-12-24-44(36)55(50(40)52(42)57)34-17-5-2-6-18-34/h1-13,15-25,27-32,47H,14,26H2. The second-order valence-corrected chi connectivity index (χ2v) is 15.4. The summed E-state index contributed by atoms with van der Waals surface area (Å²) in [6.07, 6.45) is 10.9. The normalized spacial score (nSPS) is 15.4. The molecule has 7 aromatic carbocycles. The Balaban J connectivity index is 1.13. The van der Waals surface area contributed by atoms with Crippen LogP contribution in [0.25, 0.3) is 93.8 Å². The zero-order chi connectivity index (χ0) is 37.2. The molecule has 4 aromatic heterocycles. The van der Waals surface area contributed by atoms with Gasteiger partial charge in [0.05, 0.1) is 38.6 Å². The summed E-state index contributed by atoms with van der Waals surface area (Å²) in [6, 6.07) is 57.4. The Bertz CT molecular complexity index is 3570. The molecule has 0 fully saturated rings. The van der Waals surface area contributed by atoms with Crippen molar-refractivity contribution < 1.29 is 0 Å². The fourth-order valence-electron chi connectivity index (χ4n) is 10.2. The molecule has 0 N–H and O–H groups in total. The molecule has 0 saturated carbocycles. The molecule has 13 rings (SSSR count). The van der Waals surface area contributed by atoms with Crippen molar-refractivity contribution in [2.24, 2.45) is 4.99 Å². The number of aliphatic imine (C=N–C) groups is 1. The molecule has 0 amide bonds. The van der Waals surface area contributed by atoms with E-state index in [0.717, 1.165) is 30.1 Å². The van der Waals surface area contributed by atoms with Crippen LogP contribution in [0.4, 0.5) is 0 Å². The molecule has 57 heavy (non-hydrogen) atoms. The van der Waals surface area contributed by atoms with Gasteiger partial charge < -0.3 is 13.7 Å². The first kappa shape index (κ1) is 30.9. The summed E-state index contributed by atoms with van der Waals surface area (Å²) in [5, 5.41) is 8.73. The van der Waals surface area contributed by atoms with E-state index >= 15 is 0 Å². The summed E-state index contributed by atoms with van der Waals surface area (Å²) in [6.45, 7) is 0. The van der Waals surface area contributed by atoms with Crippen LogP contribution >= 0.6 is 0 Å². The summed E-state index contributed by atoms with van der Waals surface area (Å²) in [5.41, 5.74) is 13.3. The molecule has 5 heteroatoms. The van der Waals surface area contributed by atoms with Crippen molar-refractivity contribution in [1.82, 2.24) is 18.3 Å². The molecule has 268 valence electrons. The topological polar surface area (TPSA) is 32.1 Å². The smallest absolute Gasteiger partial charge is 0.147 e. The molecule has 0 saturated heterocycles. The van der Waals surface area contributed by atoms with Crippen LogP contribution in [0, 0.1) is 0 Å². The zero-order valence-electron chi connectivity index (χ0n) is 31.0. The molecule has 1 aliphatic carbocycles. The second-order valence-electron chi connectivity index (χ2n) is 15.4. The lowest BCUT2D eigenvalue weighted by Crippen LogP contribution is -2.14. The number of rotatable bonds is 3. The highest BCUT2D eigenvalue weighted by atomic mass is 15.2. The van der Waals surface area contributed by atoms with Crippen LogP contribution < -0.4 is 0 Å². The van der Waals surface area contributed by atoms with E-state index in [1.54, 1.807) is 0 Å². The third kappa shape index (κ3) is 4.15. The molecule has 0 bridgehead atoms. The first-order valence-electron chi connectivity index (χ1n) is 19.9. The van der Waals surface area contributed by atoms with Crippen molar-refractivity contribution in [3.63, 3.8) is 0 Å². The Morgan fingerprint density at radius 1 is 0.421 bits per heavy atom. The summed E-state index contributed by atoms with van der Waals surface area (Å²) >= 11 is 0. The number of hydrogen-bond donors (Lipinski definition) is 0. The van der Waals surface area contributed by atoms with Crippen LogP contribution in [0.1, 0.15) is 23.8 Å². The van der Waals surface area contributed by atoms with E-state index in [-0.39, 0.29) is 6.17 Å². The van der Waals surface area contributed by atoms with Crippen molar-refractivity contribution >= 4 is 88.2 Å². The monoisotopic (exact) mass is 729 g/mol. The van der Waals surface area contributed by atoms with Crippen molar-refractivity contribution in [3.05, 3.63) is 187 Å². The maximum atomic E-state index is 5.75. The lowest BCUT2D eigenvalue weighted by atomic mass is 10.0. The Morgan fingerprint density at radius 3 is 1.54 bits per heavy atom. The molecule has 5 nitrogen and oxygen atoms in total. The third-order valence-corrected chi connectivity index (χ3v) is 12.4. The highest BCUT2D eigenvalue weighted by molar-refractivity contribution is 6.24. The molecule has 0 spiro atoms. The van der Waals surface area contributed by atoms with Crippen LogP contribution in [0.3, 0.4) is 0 Å². The van der Waals surface area contributed by atoms with E-state index in [9.17, 15) is 0 Å². The van der Waals surface area contributed by atoms with E-state index in [4.69, 9.17) is 4.99 Å². The van der Waals surface area contributed by atoms with Gasteiger partial charge in [0.15, 0.2) is 0 Å². The second kappa shape index (κ2) is 11.6. The molecule has 0 radical (unpaired) electrons. The van der Waals surface area contributed by atoms with E-state index < -0.39 is 0 Å². The highest BCUT2D eigenvalue weighted by Crippen LogP contribution is 2.44. The van der Waals surface area contributed by atoms with Gasteiger partial charge in [-0.2, -0.15) is 0 Å². The predicted octanol–water partition coefficient (Wildman–Crippen LogP) is 12.9. The summed E-state index contributed by atoms with van der Waals surface area (Å²) in [5.74, 6) is 0.973. The Hall–Kier alpha value is -7.37. The minimum Gasteiger partial charge on any atom is -0.312 e. The minimum atomic E-state index is -0.248. The van der Waals surface area contributed by atoms with Crippen LogP contribution in [0.5, 0.6) is 0 Å². The van der Waals surface area contributed by atoms with Gasteiger partial charge in [-0.3, -0.25) is 4.57 Å². The van der Waals surface area contributed by atoms with Crippen molar-refractivity contribution in [1.29, 1.82) is 0 Å². The van der Waals surface area contributed by atoms with Gasteiger partial charge in [-0.25, -0.2) is 4.99 Å². The number of fused-ring (bicyclic) bond motifs is 14. The van der Waals surface area contributed by atoms with Crippen LogP contribution in [-0.2, 0) is 6.42 Å². The largest absolute Gasteiger partial charge is 0.312 e. The van der Waals surface area contributed by atoms with E-state index in [2.05, 4.69) is 200 Å². The summed E-state index contributed by atoms with van der Waals surface area (Å²) < 4.78 is 9.90. The fraction of sp³-hybridized carbons (Fsp3) is 0.0577. The van der Waals surface area contributed by atoms with Crippen LogP contribution in [-0.4, -0.2) is 24.1 Å². The summed E-state index contributed by atoms with van der Waals surface area (Å²) in [4.78, 5) is 5.75. The lowest BCUT2D eigenvalue weighted by Gasteiger charge is -2.16. The number of aromatic nitrogens is 4. The molecule has 1 aliphatic heterocycles. The van der Waals surface area contributed by atoms with Gasteiger partial charge in [-0.1, -0.05) is 127 Å². The van der Waals surface area contributed by atoms with Crippen molar-refractivity contribution in [2.75, 3.05) is 0 Å². The zero-order valence-corrected chi connectivity index (χ0v) is 31.0. The van der Waals surface area contributed by atoms with Gasteiger partial charge in [0.2, 0.25) is 0 Å². The van der Waals surface area contributed by atoms with Gasteiger partial charge in [-0.05, 0) is 67.5 Å². The molecule has 5 heterocycles. The van der Waals surface area contributed by atoms with Gasteiger partial charge in [0.25, 0.3) is 0 Å². The van der Waals surface area contributed by atoms with Crippen molar-refractivity contribution in [3.8, 4) is 11.4 Å². The molecular weight excluding hydrogens is 695 g/mol. The van der Waals surface area contributed by atoms with Gasteiger partial charge in [0, 0.05) is 60.3 Å². The van der Waals surface area contributed by atoms with E-state index in [1.807, 2.05) is 0 Å². The maximum Gasteiger partial charge on any atom is 0.147 e. The van der Waals surface area contributed by atoms with Crippen molar-refractivity contribution in [2.45, 2.75) is 19.0 Å². The maximum absolute atomic E-state index is 5.75. The van der Waals surface area contributed by atoms with Gasteiger partial charge in [0.1, 0.15) is 12.0 Å². The molecule has 2 aliphatic rings. The minimum absolute atomic E-state index is 0.248. The van der Waals surface area contributed by atoms with E-state index in [0.29, 0.717) is 0 Å². The first-order chi connectivity index (χ1) is 28.3. The van der Waals surface area contributed by atoms with Gasteiger partial charge >= 0.3 is 0 Å². The average Bonchev–Trinajstić information content (AvgIpc) is 4.09. The Kier molecular flexibility index (Phi) is 6.27. The number of hydrogen-bond acceptors (Lipinski definition) is 1. The number of nitrogens with zero attached hydrogens (tertiary/aromatic N) is 5. The SMILES string of the molecule is C1=Cc2c(n(C3=NC(n4c5ccccc5c5ccc6c7ccccc7n(-c7ccccc7)c6c54)C=C3)c3c2ccc2c4ccccc4n(-c4ccccc4)c23)CC1. The molecule has 11 aromatic rings. The quantitative estimate of drug-likeness (QED) is 0.173. The lowest BCUT2D eigenvalue weighted by molar-refractivity contribution is 0.687. The fourth-order valence-corrected chi connectivity index (χ4v) is 10.2. The average molecular weight is 730 g/mol. The predicted molar refractivity (Wildman–Crippen MR) is 238 cm³/mol. The summed E-state index contributed by atoms with van der Waals surface area (Å²) in [7, 11) is 0. The van der Waals surface area contributed by atoms with Crippen LogP contribution in [0.15, 0.2) is 181 Å². The van der Waals surface area contributed by atoms with Gasteiger partial charge in [-0.15, -0.1) is 0 Å². The molecular formula is C52H35N5. The third-order valence-electron chi connectivity index (χ3n) is 12.4. The Labute approximate surface area is 327 Å².